The number of thiazole rings is 1. The van der Waals surface area contributed by atoms with Crippen LogP contribution in [-0.2, 0) is 0 Å². The number of anilines is 1. The third-order valence-corrected chi connectivity index (χ3v) is 5.79. The van der Waals surface area contributed by atoms with E-state index in [4.69, 9.17) is 4.52 Å². The van der Waals surface area contributed by atoms with E-state index in [1.807, 2.05) is 29.1 Å². The maximum absolute atomic E-state index is 5.48. The molecule has 23 heavy (non-hydrogen) atoms. The first-order valence-electron chi connectivity index (χ1n) is 7.57. The number of rotatable bonds is 4. The molecule has 1 aliphatic rings. The summed E-state index contributed by atoms with van der Waals surface area (Å²) in [6.45, 7) is 6.02. The van der Waals surface area contributed by atoms with Gasteiger partial charge in [-0.25, -0.2) is 4.98 Å². The Kier molecular flexibility index (Phi) is 4.11. The second-order valence-corrected chi connectivity index (χ2v) is 7.27. The number of nitrogens with zero attached hydrogens (tertiary/aromatic N) is 5. The molecule has 6 nitrogen and oxygen atoms in total. The van der Waals surface area contributed by atoms with Crippen LogP contribution in [0.1, 0.15) is 18.9 Å². The van der Waals surface area contributed by atoms with Crippen molar-refractivity contribution >= 4 is 27.8 Å². The van der Waals surface area contributed by atoms with Crippen LogP contribution >= 0.6 is 22.7 Å². The van der Waals surface area contributed by atoms with Crippen LogP contribution in [0.2, 0.25) is 0 Å². The second kappa shape index (κ2) is 6.38. The normalized spacial score (nSPS) is 17.5. The van der Waals surface area contributed by atoms with Crippen LogP contribution in [0.3, 0.4) is 0 Å². The van der Waals surface area contributed by atoms with Crippen LogP contribution in [0.5, 0.6) is 0 Å². The quantitative estimate of drug-likeness (QED) is 0.723. The predicted octanol–water partition coefficient (Wildman–Crippen LogP) is 3.14. The highest BCUT2D eigenvalue weighted by molar-refractivity contribution is 7.13. The molecule has 4 heterocycles. The molecule has 3 aromatic heterocycles. The van der Waals surface area contributed by atoms with Crippen molar-refractivity contribution in [2.45, 2.75) is 13.0 Å². The molecule has 0 amide bonds. The van der Waals surface area contributed by atoms with Crippen LogP contribution < -0.4 is 4.90 Å². The van der Waals surface area contributed by atoms with Gasteiger partial charge in [0.2, 0.25) is 11.7 Å². The van der Waals surface area contributed by atoms with Gasteiger partial charge in [-0.15, -0.1) is 22.7 Å². The van der Waals surface area contributed by atoms with E-state index in [0.29, 0.717) is 11.7 Å². The van der Waals surface area contributed by atoms with E-state index >= 15 is 0 Å². The Labute approximate surface area is 142 Å². The van der Waals surface area contributed by atoms with E-state index < -0.39 is 0 Å². The van der Waals surface area contributed by atoms with Crippen LogP contribution in [0.4, 0.5) is 5.13 Å². The van der Waals surface area contributed by atoms with Crippen molar-refractivity contribution < 1.29 is 4.52 Å². The lowest BCUT2D eigenvalue weighted by Crippen LogP contribution is -2.47. The number of hydrogen-bond donors (Lipinski definition) is 0. The lowest BCUT2D eigenvalue weighted by Gasteiger charge is -2.36. The zero-order chi connectivity index (χ0) is 15.6. The Morgan fingerprint density at radius 1 is 1.17 bits per heavy atom. The third-order valence-electron chi connectivity index (χ3n) is 4.09. The topological polar surface area (TPSA) is 58.3 Å². The first-order chi connectivity index (χ1) is 11.3. The Morgan fingerprint density at radius 2 is 2.04 bits per heavy atom. The summed E-state index contributed by atoms with van der Waals surface area (Å²) in [6.07, 6.45) is 1.86. The summed E-state index contributed by atoms with van der Waals surface area (Å²) in [7, 11) is 0. The summed E-state index contributed by atoms with van der Waals surface area (Å²) >= 11 is 3.32. The maximum atomic E-state index is 5.48. The number of aromatic nitrogens is 3. The van der Waals surface area contributed by atoms with Crippen molar-refractivity contribution in [3.63, 3.8) is 0 Å². The fourth-order valence-electron chi connectivity index (χ4n) is 2.74. The molecule has 1 atom stereocenters. The van der Waals surface area contributed by atoms with Gasteiger partial charge < -0.3 is 9.42 Å². The highest BCUT2D eigenvalue weighted by Gasteiger charge is 2.26. The molecule has 0 radical (unpaired) electrons. The Balaban J connectivity index is 1.41. The molecule has 0 N–H and O–H groups in total. The molecular formula is C15H17N5OS2. The van der Waals surface area contributed by atoms with Gasteiger partial charge in [-0.2, -0.15) is 4.98 Å². The van der Waals surface area contributed by atoms with Gasteiger partial charge in [-0.1, -0.05) is 11.2 Å². The van der Waals surface area contributed by atoms with Gasteiger partial charge >= 0.3 is 0 Å². The molecule has 0 aromatic carbocycles. The molecule has 0 spiro atoms. The van der Waals surface area contributed by atoms with Crippen molar-refractivity contribution in [2.24, 2.45) is 0 Å². The second-order valence-electron chi connectivity index (χ2n) is 5.45. The van der Waals surface area contributed by atoms with Crippen molar-refractivity contribution in [2.75, 3.05) is 31.1 Å². The molecule has 1 saturated heterocycles. The van der Waals surface area contributed by atoms with Crippen molar-refractivity contribution in [1.82, 2.24) is 20.0 Å². The fraction of sp³-hybridized carbons (Fsp3) is 0.400. The molecule has 1 fully saturated rings. The summed E-state index contributed by atoms with van der Waals surface area (Å²) in [5, 5.41) is 9.26. The minimum Gasteiger partial charge on any atom is -0.346 e. The molecule has 8 heteroatoms. The van der Waals surface area contributed by atoms with Gasteiger partial charge in [0.15, 0.2) is 5.13 Å². The van der Waals surface area contributed by atoms with Gasteiger partial charge in [0.25, 0.3) is 0 Å². The zero-order valence-corrected chi connectivity index (χ0v) is 14.4. The van der Waals surface area contributed by atoms with Gasteiger partial charge in [-0.3, -0.25) is 4.90 Å². The molecule has 4 rings (SSSR count). The average Bonchev–Trinajstić information content (AvgIpc) is 3.36. The van der Waals surface area contributed by atoms with Crippen LogP contribution in [0.25, 0.3) is 10.7 Å². The zero-order valence-electron chi connectivity index (χ0n) is 12.8. The summed E-state index contributed by atoms with van der Waals surface area (Å²) < 4.78 is 5.48. The average molecular weight is 347 g/mol. The van der Waals surface area contributed by atoms with E-state index in [2.05, 4.69) is 31.8 Å². The highest BCUT2D eigenvalue weighted by Crippen LogP contribution is 2.27. The SMILES string of the molecule is CC(c1nc(-c2cccs2)no1)N1CCN(c2nccs2)CC1. The summed E-state index contributed by atoms with van der Waals surface area (Å²) in [6, 6.07) is 4.14. The highest BCUT2D eigenvalue weighted by atomic mass is 32.1. The van der Waals surface area contributed by atoms with Gasteiger partial charge in [0.1, 0.15) is 0 Å². The molecule has 1 aliphatic heterocycles. The molecule has 1 unspecified atom stereocenters. The predicted molar refractivity (Wildman–Crippen MR) is 91.9 cm³/mol. The van der Waals surface area contributed by atoms with E-state index in [0.717, 1.165) is 36.2 Å². The summed E-state index contributed by atoms with van der Waals surface area (Å²) in [5.74, 6) is 1.37. The summed E-state index contributed by atoms with van der Waals surface area (Å²) in [5.41, 5.74) is 0. The van der Waals surface area contributed by atoms with Gasteiger partial charge in [0.05, 0.1) is 10.9 Å². The van der Waals surface area contributed by atoms with Gasteiger partial charge in [0, 0.05) is 37.8 Å². The van der Waals surface area contributed by atoms with E-state index in [1.165, 1.54) is 0 Å². The van der Waals surface area contributed by atoms with Crippen LogP contribution in [-0.4, -0.2) is 46.2 Å². The van der Waals surface area contributed by atoms with Gasteiger partial charge in [-0.05, 0) is 18.4 Å². The minimum atomic E-state index is 0.134. The van der Waals surface area contributed by atoms with Crippen molar-refractivity contribution in [3.8, 4) is 10.7 Å². The smallest absolute Gasteiger partial charge is 0.244 e. The first-order valence-corrected chi connectivity index (χ1v) is 9.33. The molecular weight excluding hydrogens is 330 g/mol. The summed E-state index contributed by atoms with van der Waals surface area (Å²) in [4.78, 5) is 14.7. The lowest BCUT2D eigenvalue weighted by atomic mass is 10.2. The minimum absolute atomic E-state index is 0.134. The third kappa shape index (κ3) is 3.01. The van der Waals surface area contributed by atoms with Crippen molar-refractivity contribution in [1.29, 1.82) is 0 Å². The first kappa shape index (κ1) is 14.8. The Hall–Kier alpha value is -1.77. The Morgan fingerprint density at radius 3 is 2.74 bits per heavy atom. The number of hydrogen-bond acceptors (Lipinski definition) is 8. The molecule has 0 saturated carbocycles. The van der Waals surface area contributed by atoms with E-state index in [9.17, 15) is 0 Å². The standard InChI is InChI=1S/C15H17N5OS2/c1-11(14-17-13(18-21-14)12-3-2-9-22-12)19-5-7-20(8-6-19)15-16-4-10-23-15/h2-4,9-11H,5-8H2,1H3. The van der Waals surface area contributed by atoms with Crippen molar-refractivity contribution in [3.05, 3.63) is 35.0 Å². The molecule has 3 aromatic rings. The molecule has 0 aliphatic carbocycles. The maximum Gasteiger partial charge on any atom is 0.244 e. The molecule has 0 bridgehead atoms. The monoisotopic (exact) mass is 347 g/mol. The van der Waals surface area contributed by atoms with Crippen LogP contribution in [0.15, 0.2) is 33.6 Å². The number of piperazine rings is 1. The van der Waals surface area contributed by atoms with E-state index in [-0.39, 0.29) is 6.04 Å². The number of thiophene rings is 1. The lowest BCUT2D eigenvalue weighted by molar-refractivity contribution is 0.164. The van der Waals surface area contributed by atoms with Crippen LogP contribution in [0, 0.1) is 0 Å². The molecule has 120 valence electrons. The Bertz CT molecular complexity index is 732. The van der Waals surface area contributed by atoms with E-state index in [1.54, 1.807) is 22.7 Å². The fourth-order valence-corrected chi connectivity index (χ4v) is 4.09. The largest absolute Gasteiger partial charge is 0.346 e.